The molecule has 0 aliphatic rings. The fourth-order valence-corrected chi connectivity index (χ4v) is 1.89. The Bertz CT molecular complexity index is 585. The van der Waals surface area contributed by atoms with E-state index in [1.807, 2.05) is 0 Å². The number of hydrogen-bond donors (Lipinski definition) is 2. The maximum atomic E-state index is 13.0. The minimum atomic E-state index is -0.442. The number of nitrogens with one attached hydrogen (secondary N) is 1. The van der Waals surface area contributed by atoms with E-state index >= 15 is 0 Å². The summed E-state index contributed by atoms with van der Waals surface area (Å²) in [6.07, 6.45) is 0. The molecule has 0 radical (unpaired) electrons. The molecule has 0 aliphatic heterocycles. The Morgan fingerprint density at radius 2 is 2.33 bits per heavy atom. The van der Waals surface area contributed by atoms with Crippen LogP contribution in [0.1, 0.15) is 10.5 Å². The van der Waals surface area contributed by atoms with Crippen LogP contribution in [0.15, 0.2) is 23.6 Å². The Kier molecular flexibility index (Phi) is 3.42. The molecule has 7 heteroatoms. The molecule has 94 valence electrons. The Balaban J connectivity index is 2.21. The van der Waals surface area contributed by atoms with Crippen LogP contribution >= 0.6 is 11.3 Å². The molecule has 0 saturated heterocycles. The summed E-state index contributed by atoms with van der Waals surface area (Å²) in [6.45, 7) is 0. The molecule has 5 nitrogen and oxygen atoms in total. The number of hydrogen-bond acceptors (Lipinski definition) is 5. The average molecular weight is 267 g/mol. The molecular weight excluding hydrogens is 257 g/mol. The van der Waals surface area contributed by atoms with Gasteiger partial charge in [0.05, 0.1) is 12.8 Å². The van der Waals surface area contributed by atoms with Crippen LogP contribution < -0.4 is 15.8 Å². The number of anilines is 2. The Labute approximate surface area is 106 Å². The quantitative estimate of drug-likeness (QED) is 0.893. The number of carbonyl (C=O) groups is 1. The number of benzene rings is 1. The first-order valence-corrected chi connectivity index (χ1v) is 5.84. The zero-order chi connectivity index (χ0) is 13.1. The summed E-state index contributed by atoms with van der Waals surface area (Å²) in [7, 11) is 1.39. The number of nitrogen functional groups attached to an aromatic ring is 1. The van der Waals surface area contributed by atoms with Crippen LogP contribution in [-0.4, -0.2) is 18.0 Å². The molecule has 0 atom stereocenters. The number of nitrogens with zero attached hydrogens (tertiary/aromatic N) is 1. The van der Waals surface area contributed by atoms with E-state index in [4.69, 9.17) is 10.5 Å². The lowest BCUT2D eigenvalue weighted by atomic mass is 10.2. The molecule has 1 aromatic carbocycles. The van der Waals surface area contributed by atoms with Crippen LogP contribution in [-0.2, 0) is 0 Å². The highest BCUT2D eigenvalue weighted by Crippen LogP contribution is 2.25. The maximum Gasteiger partial charge on any atom is 0.275 e. The molecule has 0 bridgehead atoms. The molecule has 3 N–H and O–H groups in total. The monoisotopic (exact) mass is 267 g/mol. The maximum absolute atomic E-state index is 13.0. The second-order valence-corrected chi connectivity index (χ2v) is 4.26. The molecule has 0 unspecified atom stereocenters. The number of methoxy groups -OCH3 is 1. The van der Waals surface area contributed by atoms with Crippen LogP contribution in [0, 0.1) is 5.82 Å². The van der Waals surface area contributed by atoms with Gasteiger partial charge in [-0.1, -0.05) is 0 Å². The van der Waals surface area contributed by atoms with Gasteiger partial charge in [0, 0.05) is 11.4 Å². The normalized spacial score (nSPS) is 10.1. The molecule has 2 aromatic rings. The van der Waals surface area contributed by atoms with Gasteiger partial charge in [0.25, 0.3) is 5.91 Å². The number of rotatable bonds is 3. The van der Waals surface area contributed by atoms with Crippen LogP contribution in [0.2, 0.25) is 0 Å². The van der Waals surface area contributed by atoms with Crippen molar-refractivity contribution in [2.75, 3.05) is 18.2 Å². The van der Waals surface area contributed by atoms with E-state index < -0.39 is 11.7 Å². The molecule has 1 heterocycles. The summed E-state index contributed by atoms with van der Waals surface area (Å²) in [4.78, 5) is 15.7. The first-order valence-electron chi connectivity index (χ1n) is 4.96. The lowest BCUT2D eigenvalue weighted by Gasteiger charge is -2.08. The van der Waals surface area contributed by atoms with E-state index in [1.165, 1.54) is 36.6 Å². The number of halogens is 1. The van der Waals surface area contributed by atoms with Gasteiger partial charge in [-0.25, -0.2) is 9.37 Å². The molecule has 0 spiro atoms. The van der Waals surface area contributed by atoms with Crippen molar-refractivity contribution >= 4 is 28.1 Å². The molecule has 2 rings (SSSR count). The van der Waals surface area contributed by atoms with Gasteiger partial charge < -0.3 is 15.8 Å². The zero-order valence-corrected chi connectivity index (χ0v) is 10.3. The van der Waals surface area contributed by atoms with Gasteiger partial charge in [0.2, 0.25) is 0 Å². The lowest BCUT2D eigenvalue weighted by molar-refractivity contribution is 0.102. The molecule has 0 saturated carbocycles. The topological polar surface area (TPSA) is 77.2 Å². The standard InChI is InChI=1S/C11H10FN3O2S/c1-17-9-4-6(12)2-3-7(9)14-10(16)8-5-18-11(13)15-8/h2-5H,1H3,(H2,13,15)(H,14,16). The number of aromatic nitrogens is 1. The van der Waals surface area contributed by atoms with E-state index in [1.54, 1.807) is 5.38 Å². The van der Waals surface area contributed by atoms with E-state index in [-0.39, 0.29) is 11.4 Å². The van der Waals surface area contributed by atoms with Crippen molar-refractivity contribution in [2.45, 2.75) is 0 Å². The Morgan fingerprint density at radius 1 is 1.56 bits per heavy atom. The third-order valence-corrected chi connectivity index (χ3v) is 2.84. The number of nitrogens with two attached hydrogens (primary N) is 1. The van der Waals surface area contributed by atoms with Gasteiger partial charge in [-0.3, -0.25) is 4.79 Å². The fourth-order valence-electron chi connectivity index (χ4n) is 1.35. The molecule has 1 amide bonds. The zero-order valence-electron chi connectivity index (χ0n) is 9.44. The summed E-state index contributed by atoms with van der Waals surface area (Å²) in [6, 6.07) is 3.83. The van der Waals surface area contributed by atoms with Crippen molar-refractivity contribution in [3.8, 4) is 5.75 Å². The third kappa shape index (κ3) is 2.57. The number of ether oxygens (including phenoxy) is 1. The average Bonchev–Trinajstić information content (AvgIpc) is 2.78. The van der Waals surface area contributed by atoms with Gasteiger partial charge >= 0.3 is 0 Å². The first kappa shape index (κ1) is 12.3. The predicted molar refractivity (Wildman–Crippen MR) is 67.4 cm³/mol. The summed E-state index contributed by atoms with van der Waals surface area (Å²) in [5, 5.41) is 4.43. The predicted octanol–water partition coefficient (Wildman–Crippen LogP) is 2.13. The van der Waals surface area contributed by atoms with Crippen molar-refractivity contribution in [1.29, 1.82) is 0 Å². The van der Waals surface area contributed by atoms with Gasteiger partial charge in [-0.05, 0) is 12.1 Å². The summed E-state index contributed by atoms with van der Waals surface area (Å²) < 4.78 is 17.9. The van der Waals surface area contributed by atoms with Crippen molar-refractivity contribution in [3.05, 3.63) is 35.1 Å². The molecule has 18 heavy (non-hydrogen) atoms. The highest BCUT2D eigenvalue weighted by Gasteiger charge is 2.13. The molecule has 1 aromatic heterocycles. The van der Waals surface area contributed by atoms with E-state index in [2.05, 4.69) is 10.3 Å². The number of carbonyl (C=O) groups excluding carboxylic acids is 1. The molecular formula is C11H10FN3O2S. The highest BCUT2D eigenvalue weighted by molar-refractivity contribution is 7.13. The van der Waals surface area contributed by atoms with Crippen molar-refractivity contribution < 1.29 is 13.9 Å². The second kappa shape index (κ2) is 5.01. The summed E-state index contributed by atoms with van der Waals surface area (Å²) in [5.41, 5.74) is 6.02. The van der Waals surface area contributed by atoms with E-state index in [0.29, 0.717) is 10.8 Å². The van der Waals surface area contributed by atoms with Crippen molar-refractivity contribution in [3.63, 3.8) is 0 Å². The fraction of sp³-hybridized carbons (Fsp3) is 0.0909. The van der Waals surface area contributed by atoms with E-state index in [9.17, 15) is 9.18 Å². The van der Waals surface area contributed by atoms with Gasteiger partial charge in [-0.15, -0.1) is 11.3 Å². The number of amides is 1. The third-order valence-electron chi connectivity index (χ3n) is 2.17. The van der Waals surface area contributed by atoms with Crippen molar-refractivity contribution in [2.24, 2.45) is 0 Å². The van der Waals surface area contributed by atoms with Crippen LogP contribution in [0.5, 0.6) is 5.75 Å². The Morgan fingerprint density at radius 3 is 2.94 bits per heavy atom. The largest absolute Gasteiger partial charge is 0.494 e. The van der Waals surface area contributed by atoms with Gasteiger partial charge in [-0.2, -0.15) is 0 Å². The van der Waals surface area contributed by atoms with Gasteiger partial charge in [0.1, 0.15) is 17.3 Å². The highest BCUT2D eigenvalue weighted by atomic mass is 32.1. The smallest absolute Gasteiger partial charge is 0.275 e. The summed E-state index contributed by atoms with van der Waals surface area (Å²) in [5.74, 6) is -0.623. The van der Waals surface area contributed by atoms with Crippen molar-refractivity contribution in [1.82, 2.24) is 4.98 Å². The van der Waals surface area contributed by atoms with Crippen LogP contribution in [0.4, 0.5) is 15.2 Å². The lowest BCUT2D eigenvalue weighted by Crippen LogP contribution is -2.13. The van der Waals surface area contributed by atoms with Crippen LogP contribution in [0.25, 0.3) is 0 Å². The minimum Gasteiger partial charge on any atom is -0.494 e. The summed E-state index contributed by atoms with van der Waals surface area (Å²) >= 11 is 1.17. The SMILES string of the molecule is COc1cc(F)ccc1NC(=O)c1csc(N)n1. The first-order chi connectivity index (χ1) is 8.60. The second-order valence-electron chi connectivity index (χ2n) is 3.37. The van der Waals surface area contributed by atoms with Crippen LogP contribution in [0.3, 0.4) is 0 Å². The number of thiazole rings is 1. The van der Waals surface area contributed by atoms with E-state index in [0.717, 1.165) is 0 Å². The molecule has 0 aliphatic carbocycles. The molecule has 0 fully saturated rings. The van der Waals surface area contributed by atoms with Gasteiger partial charge in [0.15, 0.2) is 5.13 Å². The Hall–Kier alpha value is -2.15. The minimum absolute atomic E-state index is 0.212.